The van der Waals surface area contributed by atoms with Crippen LogP contribution in [0.3, 0.4) is 0 Å². The molecule has 3 atom stereocenters. The molecule has 0 aromatic rings. The largest absolute Gasteiger partial charge is 0.380 e. The topological polar surface area (TPSA) is 48.3 Å². The maximum atomic E-state index is 9.40. The van der Waals surface area contributed by atoms with Gasteiger partial charge in [0.25, 0.3) is 0 Å². The summed E-state index contributed by atoms with van der Waals surface area (Å²) in [4.78, 5) is 2.44. The highest BCUT2D eigenvalue weighted by Gasteiger charge is 2.36. The van der Waals surface area contributed by atoms with E-state index in [0.29, 0.717) is 18.2 Å². The van der Waals surface area contributed by atoms with Crippen LogP contribution in [-0.4, -0.2) is 48.8 Å². The van der Waals surface area contributed by atoms with E-state index in [1.807, 2.05) is 6.92 Å². The second kappa shape index (κ2) is 5.56. The monoisotopic (exact) mass is 251 g/mol. The second-order valence-corrected chi connectivity index (χ2v) is 6.06. The van der Waals surface area contributed by atoms with Crippen LogP contribution in [0.1, 0.15) is 39.5 Å². The molecule has 2 fully saturated rings. The van der Waals surface area contributed by atoms with E-state index < -0.39 is 0 Å². The van der Waals surface area contributed by atoms with E-state index in [1.165, 1.54) is 12.8 Å². The van der Waals surface area contributed by atoms with E-state index in [4.69, 9.17) is 4.74 Å². The van der Waals surface area contributed by atoms with E-state index in [2.05, 4.69) is 23.2 Å². The van der Waals surface area contributed by atoms with Crippen LogP contribution >= 0.6 is 0 Å². The smallest absolute Gasteiger partial charge is 0.105 e. The van der Waals surface area contributed by atoms with Crippen molar-refractivity contribution in [2.75, 3.05) is 20.2 Å². The Morgan fingerprint density at radius 3 is 2.72 bits per heavy atom. The SMILES string of the molecule is COC1CCN(C(C)CC(C)(C#N)NC2CC2)C1. The van der Waals surface area contributed by atoms with Crippen LogP contribution in [0, 0.1) is 11.3 Å². The molecule has 0 amide bonds. The zero-order chi connectivity index (χ0) is 13.2. The van der Waals surface area contributed by atoms with Crippen molar-refractivity contribution in [2.24, 2.45) is 0 Å². The molecule has 102 valence electrons. The lowest BCUT2D eigenvalue weighted by molar-refractivity contribution is 0.0991. The van der Waals surface area contributed by atoms with Crippen molar-refractivity contribution in [2.45, 2.75) is 63.3 Å². The minimum Gasteiger partial charge on any atom is -0.380 e. The highest BCUT2D eigenvalue weighted by atomic mass is 16.5. The fourth-order valence-electron chi connectivity index (χ4n) is 2.88. The first-order valence-corrected chi connectivity index (χ1v) is 7.02. The molecule has 4 heteroatoms. The molecule has 0 radical (unpaired) electrons. The van der Waals surface area contributed by atoms with Crippen LogP contribution in [0.5, 0.6) is 0 Å². The Kier molecular flexibility index (Phi) is 4.26. The predicted octanol–water partition coefficient (Wildman–Crippen LogP) is 1.52. The normalized spacial score (nSPS) is 29.8. The van der Waals surface area contributed by atoms with Gasteiger partial charge in [-0.1, -0.05) is 0 Å². The minimum atomic E-state index is -0.383. The number of likely N-dealkylation sites (tertiary alicyclic amines) is 1. The number of hydrogen-bond donors (Lipinski definition) is 1. The summed E-state index contributed by atoms with van der Waals surface area (Å²) in [5.74, 6) is 0. The van der Waals surface area contributed by atoms with Gasteiger partial charge in [0, 0.05) is 32.3 Å². The first-order valence-electron chi connectivity index (χ1n) is 7.02. The summed E-state index contributed by atoms with van der Waals surface area (Å²) < 4.78 is 5.40. The summed E-state index contributed by atoms with van der Waals surface area (Å²) in [5.41, 5.74) is -0.383. The quantitative estimate of drug-likeness (QED) is 0.777. The lowest BCUT2D eigenvalue weighted by Gasteiger charge is -2.31. The Labute approximate surface area is 110 Å². The molecular weight excluding hydrogens is 226 g/mol. The fraction of sp³-hybridized carbons (Fsp3) is 0.929. The van der Waals surface area contributed by atoms with Gasteiger partial charge in [0.1, 0.15) is 5.54 Å². The summed E-state index contributed by atoms with van der Waals surface area (Å²) in [5, 5.41) is 12.9. The Hall–Kier alpha value is -0.630. The van der Waals surface area contributed by atoms with Crippen molar-refractivity contribution < 1.29 is 4.74 Å². The van der Waals surface area contributed by atoms with Crippen LogP contribution in [0.2, 0.25) is 0 Å². The molecule has 2 aliphatic rings. The maximum absolute atomic E-state index is 9.40. The van der Waals surface area contributed by atoms with Crippen LogP contribution < -0.4 is 5.32 Å². The van der Waals surface area contributed by atoms with Crippen LogP contribution in [0.4, 0.5) is 0 Å². The van der Waals surface area contributed by atoms with Crippen molar-refractivity contribution in [1.82, 2.24) is 10.2 Å². The van der Waals surface area contributed by atoms with E-state index in [1.54, 1.807) is 7.11 Å². The van der Waals surface area contributed by atoms with Crippen molar-refractivity contribution in [3.05, 3.63) is 0 Å². The Morgan fingerprint density at radius 2 is 2.22 bits per heavy atom. The number of hydrogen-bond acceptors (Lipinski definition) is 4. The average Bonchev–Trinajstić information content (AvgIpc) is 3.01. The first kappa shape index (κ1) is 13.8. The van der Waals surface area contributed by atoms with Gasteiger partial charge in [-0.2, -0.15) is 5.26 Å². The molecule has 3 unspecified atom stereocenters. The van der Waals surface area contributed by atoms with E-state index in [-0.39, 0.29) is 5.54 Å². The summed E-state index contributed by atoms with van der Waals surface area (Å²) in [6.07, 6.45) is 4.82. The Morgan fingerprint density at radius 1 is 1.50 bits per heavy atom. The molecule has 1 aliphatic carbocycles. The third-order valence-electron chi connectivity index (χ3n) is 4.18. The molecule has 0 aromatic heterocycles. The van der Waals surface area contributed by atoms with E-state index in [0.717, 1.165) is 25.9 Å². The molecule has 1 N–H and O–H groups in total. The predicted molar refractivity (Wildman–Crippen MR) is 71.2 cm³/mol. The molecule has 18 heavy (non-hydrogen) atoms. The Bertz CT molecular complexity index is 323. The average molecular weight is 251 g/mol. The number of nitrogens with zero attached hydrogens (tertiary/aromatic N) is 2. The third kappa shape index (κ3) is 3.44. The number of methoxy groups -OCH3 is 1. The lowest BCUT2D eigenvalue weighted by Crippen LogP contribution is -2.47. The van der Waals surface area contributed by atoms with Gasteiger partial charge in [-0.15, -0.1) is 0 Å². The molecule has 4 nitrogen and oxygen atoms in total. The van der Waals surface area contributed by atoms with Gasteiger partial charge in [-0.25, -0.2) is 0 Å². The van der Waals surface area contributed by atoms with Crippen LogP contribution in [0.15, 0.2) is 0 Å². The third-order valence-corrected chi connectivity index (χ3v) is 4.18. The molecule has 1 saturated heterocycles. The van der Waals surface area contributed by atoms with Crippen LogP contribution in [0.25, 0.3) is 0 Å². The zero-order valence-corrected chi connectivity index (χ0v) is 11.8. The van der Waals surface area contributed by atoms with Gasteiger partial charge in [0.05, 0.1) is 12.2 Å². The number of ether oxygens (including phenoxy) is 1. The molecule has 0 bridgehead atoms. The molecule has 0 aromatic carbocycles. The number of nitriles is 1. The number of rotatable bonds is 6. The lowest BCUT2D eigenvalue weighted by atomic mass is 9.94. The first-order chi connectivity index (χ1) is 8.56. The van der Waals surface area contributed by atoms with Gasteiger partial charge in [-0.3, -0.25) is 10.2 Å². The highest BCUT2D eigenvalue weighted by Crippen LogP contribution is 2.26. The van der Waals surface area contributed by atoms with Crippen LogP contribution in [-0.2, 0) is 4.74 Å². The summed E-state index contributed by atoms with van der Waals surface area (Å²) in [6, 6.07) is 3.47. The van der Waals surface area contributed by atoms with Gasteiger partial charge >= 0.3 is 0 Å². The summed E-state index contributed by atoms with van der Waals surface area (Å²) >= 11 is 0. The summed E-state index contributed by atoms with van der Waals surface area (Å²) in [7, 11) is 1.78. The van der Waals surface area contributed by atoms with E-state index >= 15 is 0 Å². The fourth-order valence-corrected chi connectivity index (χ4v) is 2.88. The minimum absolute atomic E-state index is 0.372. The number of nitrogens with one attached hydrogen (secondary N) is 1. The molecule has 1 heterocycles. The van der Waals surface area contributed by atoms with Crippen molar-refractivity contribution in [3.8, 4) is 6.07 Å². The molecule has 1 aliphatic heterocycles. The molecule has 1 saturated carbocycles. The van der Waals surface area contributed by atoms with Gasteiger partial charge in [0.15, 0.2) is 0 Å². The highest BCUT2D eigenvalue weighted by molar-refractivity contribution is 5.08. The van der Waals surface area contributed by atoms with Gasteiger partial charge in [0.2, 0.25) is 0 Å². The van der Waals surface area contributed by atoms with Crippen molar-refractivity contribution in [3.63, 3.8) is 0 Å². The summed E-state index contributed by atoms with van der Waals surface area (Å²) in [6.45, 7) is 6.35. The van der Waals surface area contributed by atoms with Crippen molar-refractivity contribution in [1.29, 1.82) is 5.26 Å². The molecule has 0 spiro atoms. The standard InChI is InChI=1S/C14H25N3O/c1-11(17-7-6-13(9-17)18-3)8-14(2,10-15)16-12-4-5-12/h11-13,16H,4-9H2,1-3H3. The molecule has 2 rings (SSSR count). The zero-order valence-electron chi connectivity index (χ0n) is 11.8. The van der Waals surface area contributed by atoms with Gasteiger partial charge < -0.3 is 4.74 Å². The Balaban J connectivity index is 1.85. The molecular formula is C14H25N3O. The van der Waals surface area contributed by atoms with Gasteiger partial charge in [-0.05, 0) is 39.5 Å². The maximum Gasteiger partial charge on any atom is 0.105 e. The van der Waals surface area contributed by atoms with E-state index in [9.17, 15) is 5.26 Å². The van der Waals surface area contributed by atoms with Crippen molar-refractivity contribution >= 4 is 0 Å². The second-order valence-electron chi connectivity index (χ2n) is 6.06.